The van der Waals surface area contributed by atoms with Crippen molar-refractivity contribution in [1.29, 1.82) is 0 Å². The van der Waals surface area contributed by atoms with Crippen LogP contribution >= 0.6 is 23.2 Å². The van der Waals surface area contributed by atoms with Crippen molar-refractivity contribution < 1.29 is 0 Å². The van der Waals surface area contributed by atoms with Crippen molar-refractivity contribution in [1.82, 2.24) is 5.32 Å². The van der Waals surface area contributed by atoms with Crippen LogP contribution in [0.1, 0.15) is 23.6 Å². The lowest BCUT2D eigenvalue weighted by Crippen LogP contribution is -2.33. The lowest BCUT2D eigenvalue weighted by atomic mass is 9.98. The molecule has 0 aliphatic rings. The van der Waals surface area contributed by atoms with Gasteiger partial charge in [-0.2, -0.15) is 0 Å². The fourth-order valence-electron chi connectivity index (χ4n) is 2.49. The van der Waals surface area contributed by atoms with Crippen LogP contribution in [-0.4, -0.2) is 12.6 Å². The molecule has 0 amide bonds. The topological polar surface area (TPSA) is 12.0 Å². The number of halogens is 2. The molecule has 1 N–H and O–H groups in total. The van der Waals surface area contributed by atoms with Gasteiger partial charge in [0.05, 0.1) is 10.0 Å². The van der Waals surface area contributed by atoms with E-state index < -0.39 is 0 Å². The van der Waals surface area contributed by atoms with Crippen LogP contribution in [0.15, 0.2) is 42.5 Å². The normalized spacial score (nSPS) is 12.4. The molecule has 2 aromatic carbocycles. The standard InChI is InChI=1S/C18H21Cl2N/c1-3-21-16(11-14-9-7-13(2)8-10-14)12-15-5-4-6-17(19)18(15)20/h4-10,16,21H,3,11-12H2,1-2H3. The minimum atomic E-state index is 0.355. The van der Waals surface area contributed by atoms with Gasteiger partial charge >= 0.3 is 0 Å². The molecule has 0 spiro atoms. The second kappa shape index (κ2) is 7.84. The van der Waals surface area contributed by atoms with Gasteiger partial charge in [-0.25, -0.2) is 0 Å². The van der Waals surface area contributed by atoms with E-state index in [2.05, 4.69) is 43.4 Å². The van der Waals surface area contributed by atoms with Crippen molar-refractivity contribution >= 4 is 23.2 Å². The molecule has 0 saturated heterocycles. The second-order valence-corrected chi connectivity index (χ2v) is 6.15. The van der Waals surface area contributed by atoms with Gasteiger partial charge in [0.1, 0.15) is 0 Å². The van der Waals surface area contributed by atoms with E-state index in [1.165, 1.54) is 11.1 Å². The first-order chi connectivity index (χ1) is 10.1. The van der Waals surface area contributed by atoms with E-state index in [-0.39, 0.29) is 0 Å². The molecule has 112 valence electrons. The highest BCUT2D eigenvalue weighted by molar-refractivity contribution is 6.42. The van der Waals surface area contributed by atoms with E-state index in [0.717, 1.165) is 24.9 Å². The Morgan fingerprint density at radius 2 is 1.71 bits per heavy atom. The summed E-state index contributed by atoms with van der Waals surface area (Å²) in [6, 6.07) is 14.9. The zero-order valence-electron chi connectivity index (χ0n) is 12.5. The van der Waals surface area contributed by atoms with Crippen LogP contribution in [-0.2, 0) is 12.8 Å². The molecule has 0 aliphatic carbocycles. The van der Waals surface area contributed by atoms with E-state index in [9.17, 15) is 0 Å². The highest BCUT2D eigenvalue weighted by Crippen LogP contribution is 2.26. The van der Waals surface area contributed by atoms with Gasteiger partial charge in [-0.3, -0.25) is 0 Å². The molecule has 0 aromatic heterocycles. The van der Waals surface area contributed by atoms with E-state index in [1.807, 2.05) is 18.2 Å². The van der Waals surface area contributed by atoms with Gasteiger partial charge < -0.3 is 5.32 Å². The van der Waals surface area contributed by atoms with Crippen LogP contribution in [0.3, 0.4) is 0 Å². The second-order valence-electron chi connectivity index (χ2n) is 5.36. The first-order valence-electron chi connectivity index (χ1n) is 7.32. The molecule has 0 heterocycles. The zero-order chi connectivity index (χ0) is 15.2. The number of nitrogens with one attached hydrogen (secondary N) is 1. The van der Waals surface area contributed by atoms with Crippen LogP contribution in [0.4, 0.5) is 0 Å². The van der Waals surface area contributed by atoms with Crippen molar-refractivity contribution in [2.24, 2.45) is 0 Å². The summed E-state index contributed by atoms with van der Waals surface area (Å²) in [5.74, 6) is 0. The first kappa shape index (κ1) is 16.4. The predicted octanol–water partition coefficient (Wildman–Crippen LogP) is 5.07. The van der Waals surface area contributed by atoms with Crippen molar-refractivity contribution in [3.05, 3.63) is 69.2 Å². The van der Waals surface area contributed by atoms with Crippen LogP contribution in [0, 0.1) is 6.92 Å². The highest BCUT2D eigenvalue weighted by atomic mass is 35.5. The molecular formula is C18H21Cl2N. The third-order valence-corrected chi connectivity index (χ3v) is 4.45. The number of hydrogen-bond acceptors (Lipinski definition) is 1. The summed E-state index contributed by atoms with van der Waals surface area (Å²) in [4.78, 5) is 0. The average molecular weight is 322 g/mol. The van der Waals surface area contributed by atoms with E-state index in [1.54, 1.807) is 0 Å². The van der Waals surface area contributed by atoms with Gasteiger partial charge in [-0.1, -0.05) is 72.1 Å². The van der Waals surface area contributed by atoms with Crippen LogP contribution in [0.2, 0.25) is 10.0 Å². The minimum Gasteiger partial charge on any atom is -0.314 e. The Morgan fingerprint density at radius 1 is 1.00 bits per heavy atom. The Labute approximate surface area is 137 Å². The Bertz CT molecular complexity index is 578. The number of likely N-dealkylation sites (N-methyl/N-ethyl adjacent to an activating group) is 1. The van der Waals surface area contributed by atoms with Gasteiger partial charge in [0.25, 0.3) is 0 Å². The highest BCUT2D eigenvalue weighted by Gasteiger charge is 2.13. The monoisotopic (exact) mass is 321 g/mol. The summed E-state index contributed by atoms with van der Waals surface area (Å²) in [6.45, 7) is 5.17. The number of rotatable bonds is 6. The summed E-state index contributed by atoms with van der Waals surface area (Å²) >= 11 is 12.4. The SMILES string of the molecule is CCNC(Cc1ccc(C)cc1)Cc1cccc(Cl)c1Cl. The Hall–Kier alpha value is -1.02. The fraction of sp³-hybridized carbons (Fsp3) is 0.333. The molecule has 0 fully saturated rings. The van der Waals surface area contributed by atoms with Crippen molar-refractivity contribution in [3.8, 4) is 0 Å². The third-order valence-electron chi connectivity index (χ3n) is 3.59. The van der Waals surface area contributed by atoms with Gasteiger partial charge in [0.2, 0.25) is 0 Å². The third kappa shape index (κ3) is 4.74. The van der Waals surface area contributed by atoms with Gasteiger partial charge in [-0.15, -0.1) is 0 Å². The minimum absolute atomic E-state index is 0.355. The van der Waals surface area contributed by atoms with E-state index in [4.69, 9.17) is 23.2 Å². The summed E-state index contributed by atoms with van der Waals surface area (Å²) in [6.07, 6.45) is 1.86. The summed E-state index contributed by atoms with van der Waals surface area (Å²) in [5.41, 5.74) is 3.73. The summed E-state index contributed by atoms with van der Waals surface area (Å²) in [7, 11) is 0. The van der Waals surface area contributed by atoms with Crippen LogP contribution < -0.4 is 5.32 Å². The maximum absolute atomic E-state index is 6.30. The maximum Gasteiger partial charge on any atom is 0.0624 e. The summed E-state index contributed by atoms with van der Waals surface area (Å²) < 4.78 is 0. The number of benzene rings is 2. The zero-order valence-corrected chi connectivity index (χ0v) is 14.0. The molecule has 0 bridgehead atoms. The molecule has 0 aliphatic heterocycles. The van der Waals surface area contributed by atoms with Gasteiger partial charge in [0, 0.05) is 6.04 Å². The predicted molar refractivity (Wildman–Crippen MR) is 92.5 cm³/mol. The van der Waals surface area contributed by atoms with Gasteiger partial charge in [0.15, 0.2) is 0 Å². The van der Waals surface area contributed by atoms with E-state index in [0.29, 0.717) is 16.1 Å². The molecule has 1 atom stereocenters. The maximum atomic E-state index is 6.30. The molecule has 2 aromatic rings. The number of aryl methyl sites for hydroxylation is 1. The van der Waals surface area contributed by atoms with Crippen molar-refractivity contribution in [2.75, 3.05) is 6.54 Å². The Balaban J connectivity index is 2.11. The fourth-order valence-corrected chi connectivity index (χ4v) is 2.88. The molecule has 2 rings (SSSR count). The lowest BCUT2D eigenvalue weighted by molar-refractivity contribution is 0.521. The summed E-state index contributed by atoms with van der Waals surface area (Å²) in [5, 5.41) is 4.84. The molecule has 1 nitrogen and oxygen atoms in total. The quantitative estimate of drug-likeness (QED) is 0.783. The van der Waals surface area contributed by atoms with Crippen molar-refractivity contribution in [3.63, 3.8) is 0 Å². The number of hydrogen-bond donors (Lipinski definition) is 1. The molecule has 3 heteroatoms. The largest absolute Gasteiger partial charge is 0.314 e. The van der Waals surface area contributed by atoms with Gasteiger partial charge in [-0.05, 0) is 43.5 Å². The molecular weight excluding hydrogens is 301 g/mol. The van der Waals surface area contributed by atoms with Crippen molar-refractivity contribution in [2.45, 2.75) is 32.7 Å². The Morgan fingerprint density at radius 3 is 2.38 bits per heavy atom. The lowest BCUT2D eigenvalue weighted by Gasteiger charge is -2.19. The van der Waals surface area contributed by atoms with E-state index >= 15 is 0 Å². The first-order valence-corrected chi connectivity index (χ1v) is 8.07. The Kier molecular flexibility index (Phi) is 6.10. The van der Waals surface area contributed by atoms with Crippen LogP contribution in [0.5, 0.6) is 0 Å². The molecule has 0 radical (unpaired) electrons. The molecule has 0 saturated carbocycles. The van der Waals surface area contributed by atoms with Crippen LogP contribution in [0.25, 0.3) is 0 Å². The molecule has 21 heavy (non-hydrogen) atoms. The smallest absolute Gasteiger partial charge is 0.0624 e. The average Bonchev–Trinajstić information content (AvgIpc) is 2.46. The molecule has 1 unspecified atom stereocenters.